The summed E-state index contributed by atoms with van der Waals surface area (Å²) in [6.45, 7) is 6.65. The van der Waals surface area contributed by atoms with Gasteiger partial charge in [0.05, 0.1) is 23.7 Å². The highest BCUT2D eigenvalue weighted by Crippen LogP contribution is 2.34. The van der Waals surface area contributed by atoms with Gasteiger partial charge in [-0.25, -0.2) is 9.37 Å². The van der Waals surface area contributed by atoms with E-state index in [0.29, 0.717) is 44.9 Å². The quantitative estimate of drug-likeness (QED) is 0.180. The number of hydrogen-bond acceptors (Lipinski definition) is 5. The molecular weight excluding hydrogens is 605 g/mol. The molecular formula is C28H26Br2FN3O3. The Hall–Kier alpha value is -3.04. The predicted octanol–water partition coefficient (Wildman–Crippen LogP) is 7.43. The molecule has 4 aromatic rings. The van der Waals surface area contributed by atoms with Crippen molar-refractivity contribution in [2.45, 2.75) is 39.7 Å². The first-order valence-electron chi connectivity index (χ1n) is 11.9. The molecule has 37 heavy (non-hydrogen) atoms. The fourth-order valence-corrected chi connectivity index (χ4v) is 4.46. The molecule has 0 saturated carbocycles. The summed E-state index contributed by atoms with van der Waals surface area (Å²) in [5.41, 5.74) is 1.93. The van der Waals surface area contributed by atoms with E-state index in [1.54, 1.807) is 36.5 Å². The van der Waals surface area contributed by atoms with Crippen LogP contribution in [0.5, 0.6) is 11.5 Å². The largest absolute Gasteiger partial charge is 0.490 e. The van der Waals surface area contributed by atoms with Gasteiger partial charge in [0.1, 0.15) is 18.2 Å². The highest BCUT2D eigenvalue weighted by Gasteiger charge is 2.16. The zero-order valence-corrected chi connectivity index (χ0v) is 23.8. The lowest BCUT2D eigenvalue weighted by Gasteiger charge is -2.15. The Morgan fingerprint density at radius 2 is 1.78 bits per heavy atom. The molecule has 9 heteroatoms. The second-order valence-corrected chi connectivity index (χ2v) is 10.2. The highest BCUT2D eigenvalue weighted by molar-refractivity contribution is 9.10. The van der Waals surface area contributed by atoms with Crippen LogP contribution in [0, 0.1) is 5.82 Å². The van der Waals surface area contributed by atoms with E-state index in [9.17, 15) is 9.18 Å². The van der Waals surface area contributed by atoms with Crippen LogP contribution in [0.3, 0.4) is 0 Å². The van der Waals surface area contributed by atoms with Crippen molar-refractivity contribution in [2.24, 2.45) is 5.10 Å². The van der Waals surface area contributed by atoms with Gasteiger partial charge in [-0.1, -0.05) is 41.9 Å². The first-order valence-corrected chi connectivity index (χ1v) is 13.5. The van der Waals surface area contributed by atoms with Crippen molar-refractivity contribution >= 4 is 49.0 Å². The van der Waals surface area contributed by atoms with E-state index in [4.69, 9.17) is 14.5 Å². The van der Waals surface area contributed by atoms with E-state index >= 15 is 0 Å². The van der Waals surface area contributed by atoms with Crippen molar-refractivity contribution in [1.82, 2.24) is 9.66 Å². The third kappa shape index (κ3) is 6.27. The molecule has 0 aliphatic heterocycles. The molecule has 1 heterocycles. The SMILES string of the molecule is CCOc1cc(C=Nn2c([C@H](C)CC)nc3ccc(Br)cc3c2=O)c(Br)cc1OCc1ccc(F)cc1. The Bertz CT molecular complexity index is 1500. The Kier molecular flexibility index (Phi) is 8.76. The van der Waals surface area contributed by atoms with Crippen LogP contribution in [0.2, 0.25) is 0 Å². The van der Waals surface area contributed by atoms with Gasteiger partial charge >= 0.3 is 0 Å². The molecule has 4 rings (SSSR count). The van der Waals surface area contributed by atoms with Crippen LogP contribution in [0.1, 0.15) is 50.1 Å². The van der Waals surface area contributed by atoms with E-state index in [1.807, 2.05) is 32.9 Å². The Morgan fingerprint density at radius 1 is 1.05 bits per heavy atom. The van der Waals surface area contributed by atoms with Gasteiger partial charge in [-0.3, -0.25) is 4.79 Å². The van der Waals surface area contributed by atoms with Gasteiger partial charge in [0.2, 0.25) is 0 Å². The van der Waals surface area contributed by atoms with Crippen molar-refractivity contribution in [3.63, 3.8) is 0 Å². The maximum atomic E-state index is 13.4. The van der Waals surface area contributed by atoms with E-state index in [-0.39, 0.29) is 23.9 Å². The summed E-state index contributed by atoms with van der Waals surface area (Å²) < 4.78 is 27.9. The van der Waals surface area contributed by atoms with E-state index in [0.717, 1.165) is 16.5 Å². The zero-order chi connectivity index (χ0) is 26.5. The van der Waals surface area contributed by atoms with Crippen molar-refractivity contribution in [2.75, 3.05) is 6.61 Å². The van der Waals surface area contributed by atoms with Crippen molar-refractivity contribution < 1.29 is 13.9 Å². The molecule has 1 atom stereocenters. The highest BCUT2D eigenvalue weighted by atomic mass is 79.9. The minimum atomic E-state index is -0.296. The topological polar surface area (TPSA) is 65.7 Å². The molecule has 192 valence electrons. The summed E-state index contributed by atoms with van der Waals surface area (Å²) in [4.78, 5) is 18.2. The number of nitrogens with zero attached hydrogens (tertiary/aromatic N) is 3. The summed E-state index contributed by atoms with van der Waals surface area (Å²) in [7, 11) is 0. The number of ether oxygens (including phenoxy) is 2. The lowest BCUT2D eigenvalue weighted by atomic mass is 10.1. The fraction of sp³-hybridized carbons (Fsp3) is 0.250. The van der Waals surface area contributed by atoms with Gasteiger partial charge in [0, 0.05) is 20.4 Å². The number of benzene rings is 3. The van der Waals surface area contributed by atoms with Crippen molar-refractivity contribution in [3.05, 3.63) is 96.7 Å². The maximum Gasteiger partial charge on any atom is 0.282 e. The lowest BCUT2D eigenvalue weighted by molar-refractivity contribution is 0.269. The second kappa shape index (κ2) is 12.0. The van der Waals surface area contributed by atoms with Crippen LogP contribution in [-0.4, -0.2) is 22.5 Å². The number of hydrogen-bond donors (Lipinski definition) is 0. The zero-order valence-electron chi connectivity index (χ0n) is 20.7. The average molecular weight is 631 g/mol. The summed E-state index contributed by atoms with van der Waals surface area (Å²) in [6.07, 6.45) is 2.41. The van der Waals surface area contributed by atoms with Crippen LogP contribution < -0.4 is 15.0 Å². The third-order valence-electron chi connectivity index (χ3n) is 5.87. The lowest BCUT2D eigenvalue weighted by Crippen LogP contribution is -2.23. The summed E-state index contributed by atoms with van der Waals surface area (Å²) in [5, 5.41) is 5.04. The molecule has 3 aromatic carbocycles. The minimum Gasteiger partial charge on any atom is -0.490 e. The first-order chi connectivity index (χ1) is 17.8. The molecule has 1 aromatic heterocycles. The van der Waals surface area contributed by atoms with E-state index in [2.05, 4.69) is 37.0 Å². The first kappa shape index (κ1) is 27.0. The van der Waals surface area contributed by atoms with Crippen molar-refractivity contribution in [3.8, 4) is 11.5 Å². The maximum absolute atomic E-state index is 13.4. The van der Waals surface area contributed by atoms with Gasteiger partial charge < -0.3 is 9.47 Å². The molecule has 0 radical (unpaired) electrons. The molecule has 0 saturated heterocycles. The van der Waals surface area contributed by atoms with Gasteiger partial charge in [0.25, 0.3) is 5.56 Å². The van der Waals surface area contributed by atoms with Crippen molar-refractivity contribution in [1.29, 1.82) is 0 Å². The van der Waals surface area contributed by atoms with Crippen LogP contribution in [0.4, 0.5) is 4.39 Å². The molecule has 0 fully saturated rings. The van der Waals surface area contributed by atoms with Gasteiger partial charge in [-0.2, -0.15) is 9.78 Å². The molecule has 0 spiro atoms. The summed E-state index contributed by atoms with van der Waals surface area (Å²) in [6, 6.07) is 15.2. The fourth-order valence-electron chi connectivity index (χ4n) is 3.67. The van der Waals surface area contributed by atoms with Gasteiger partial charge in [-0.15, -0.1) is 0 Å². The molecule has 0 aliphatic rings. The minimum absolute atomic E-state index is 0.0301. The van der Waals surface area contributed by atoms with Gasteiger partial charge in [0.15, 0.2) is 11.5 Å². The number of halogens is 3. The Balaban J connectivity index is 1.71. The van der Waals surface area contributed by atoms with Crippen LogP contribution in [0.15, 0.2) is 73.4 Å². The van der Waals surface area contributed by atoms with Crippen LogP contribution in [0.25, 0.3) is 10.9 Å². The normalized spacial score (nSPS) is 12.3. The Labute approximate surface area is 231 Å². The monoisotopic (exact) mass is 629 g/mol. The average Bonchev–Trinajstić information content (AvgIpc) is 2.89. The second-order valence-electron chi connectivity index (χ2n) is 8.47. The molecule has 0 bridgehead atoms. The van der Waals surface area contributed by atoms with Gasteiger partial charge in [-0.05, 0) is 77.3 Å². The van der Waals surface area contributed by atoms with E-state index in [1.165, 1.54) is 16.8 Å². The third-order valence-corrected chi connectivity index (χ3v) is 7.05. The van der Waals surface area contributed by atoms with Crippen LogP contribution in [-0.2, 0) is 6.61 Å². The molecule has 0 unspecified atom stereocenters. The molecule has 0 N–H and O–H groups in total. The standard InChI is InChI=1S/C28H26Br2FN3O3/c1-4-17(3)27-33-24-11-8-20(29)13-22(24)28(35)34(27)32-15-19-12-25(36-5-2)26(14-23(19)30)37-16-18-6-9-21(31)10-7-18/h6-15,17H,4-5,16H2,1-3H3/t17-/m1/s1. The summed E-state index contributed by atoms with van der Waals surface area (Å²) >= 11 is 7.02. The number of aromatic nitrogens is 2. The Morgan fingerprint density at radius 3 is 2.49 bits per heavy atom. The smallest absolute Gasteiger partial charge is 0.282 e. The predicted molar refractivity (Wildman–Crippen MR) is 151 cm³/mol. The number of fused-ring (bicyclic) bond motifs is 1. The van der Waals surface area contributed by atoms with Crippen LogP contribution >= 0.6 is 31.9 Å². The van der Waals surface area contributed by atoms with E-state index < -0.39 is 0 Å². The summed E-state index contributed by atoms with van der Waals surface area (Å²) in [5.74, 6) is 1.39. The molecule has 0 amide bonds. The molecule has 0 aliphatic carbocycles. The number of rotatable bonds is 9. The molecule has 6 nitrogen and oxygen atoms in total.